The smallest absolute Gasteiger partial charge is 0.348 e. The van der Waals surface area contributed by atoms with Crippen LogP contribution in [-0.4, -0.2) is 32.4 Å². The minimum absolute atomic E-state index is 0.0373. The average molecular weight is 338 g/mol. The molecule has 0 bridgehead atoms. The summed E-state index contributed by atoms with van der Waals surface area (Å²) in [5.74, 6) is -0.785. The summed E-state index contributed by atoms with van der Waals surface area (Å²) in [7, 11) is 1.52. The summed E-state index contributed by atoms with van der Waals surface area (Å²) in [6, 6.07) is 4.82. The number of esters is 1. The Kier molecular flexibility index (Phi) is 5.25. The van der Waals surface area contributed by atoms with Gasteiger partial charge in [-0.15, -0.1) is 11.3 Å². The number of carbonyl (C=O) groups excluding carboxylic acids is 1. The lowest BCUT2D eigenvalue weighted by atomic mass is 10.1. The van der Waals surface area contributed by atoms with Crippen molar-refractivity contribution in [3.63, 3.8) is 0 Å². The highest BCUT2D eigenvalue weighted by Crippen LogP contribution is 2.34. The summed E-state index contributed by atoms with van der Waals surface area (Å²) in [4.78, 5) is 12.8. The fourth-order valence-corrected chi connectivity index (χ4v) is 3.90. The lowest BCUT2D eigenvalue weighted by molar-refractivity contribution is -0.0299. The molecule has 2 heterocycles. The van der Waals surface area contributed by atoms with E-state index in [1.54, 1.807) is 12.1 Å². The Balaban J connectivity index is 1.81. The van der Waals surface area contributed by atoms with E-state index < -0.39 is 5.97 Å². The van der Waals surface area contributed by atoms with Gasteiger partial charge in [0.1, 0.15) is 17.3 Å². The highest BCUT2D eigenvalue weighted by molar-refractivity contribution is 7.21. The SMILES string of the molecule is COCc1c(C(=O)OCC2CCCCO2)sc2cccc(F)c12. The zero-order valence-corrected chi connectivity index (χ0v) is 13.8. The maximum atomic E-state index is 14.1. The third-order valence-corrected chi connectivity index (χ3v) is 5.09. The molecule has 3 rings (SSSR count). The van der Waals surface area contributed by atoms with E-state index in [0.29, 0.717) is 22.4 Å². The van der Waals surface area contributed by atoms with E-state index in [9.17, 15) is 9.18 Å². The number of carbonyl (C=O) groups is 1. The van der Waals surface area contributed by atoms with Crippen molar-refractivity contribution in [2.45, 2.75) is 32.0 Å². The largest absolute Gasteiger partial charge is 0.459 e. The van der Waals surface area contributed by atoms with Crippen LogP contribution in [0.3, 0.4) is 0 Å². The number of benzene rings is 1. The highest BCUT2D eigenvalue weighted by atomic mass is 32.1. The van der Waals surface area contributed by atoms with Crippen molar-refractivity contribution in [2.24, 2.45) is 0 Å². The number of hydrogen-bond donors (Lipinski definition) is 0. The van der Waals surface area contributed by atoms with Gasteiger partial charge in [-0.2, -0.15) is 0 Å². The monoisotopic (exact) mass is 338 g/mol. The number of rotatable bonds is 5. The van der Waals surface area contributed by atoms with Gasteiger partial charge < -0.3 is 14.2 Å². The quantitative estimate of drug-likeness (QED) is 0.775. The molecule has 1 aliphatic heterocycles. The number of methoxy groups -OCH3 is 1. The lowest BCUT2D eigenvalue weighted by Gasteiger charge is -2.22. The van der Waals surface area contributed by atoms with Crippen LogP contribution in [0.25, 0.3) is 10.1 Å². The van der Waals surface area contributed by atoms with Gasteiger partial charge in [-0.25, -0.2) is 9.18 Å². The third kappa shape index (κ3) is 3.54. The Morgan fingerprint density at radius 2 is 2.30 bits per heavy atom. The first kappa shape index (κ1) is 16.4. The molecule has 0 spiro atoms. The molecular weight excluding hydrogens is 319 g/mol. The molecule has 2 aromatic rings. The number of hydrogen-bond acceptors (Lipinski definition) is 5. The fraction of sp³-hybridized carbons (Fsp3) is 0.471. The molecule has 1 aromatic carbocycles. The van der Waals surface area contributed by atoms with Gasteiger partial charge >= 0.3 is 5.97 Å². The lowest BCUT2D eigenvalue weighted by Crippen LogP contribution is -2.26. The van der Waals surface area contributed by atoms with Gasteiger partial charge in [0.05, 0.1) is 12.7 Å². The van der Waals surface area contributed by atoms with Crippen molar-refractivity contribution in [3.05, 3.63) is 34.5 Å². The minimum atomic E-state index is -0.438. The zero-order valence-electron chi connectivity index (χ0n) is 13.0. The maximum absolute atomic E-state index is 14.1. The molecule has 1 saturated heterocycles. The van der Waals surface area contributed by atoms with Gasteiger partial charge in [-0.1, -0.05) is 6.07 Å². The van der Waals surface area contributed by atoms with Crippen molar-refractivity contribution in [1.29, 1.82) is 0 Å². The van der Waals surface area contributed by atoms with E-state index in [1.807, 2.05) is 0 Å². The van der Waals surface area contributed by atoms with Crippen LogP contribution in [-0.2, 0) is 20.8 Å². The number of thiophene rings is 1. The molecule has 0 aliphatic carbocycles. The second-order valence-corrected chi connectivity index (χ2v) is 6.59. The summed E-state index contributed by atoms with van der Waals surface area (Å²) >= 11 is 1.24. The second kappa shape index (κ2) is 7.38. The van der Waals surface area contributed by atoms with Crippen LogP contribution < -0.4 is 0 Å². The summed E-state index contributed by atoms with van der Waals surface area (Å²) < 4.78 is 30.9. The van der Waals surface area contributed by atoms with E-state index in [1.165, 1.54) is 24.5 Å². The van der Waals surface area contributed by atoms with Gasteiger partial charge in [-0.05, 0) is 31.4 Å². The topological polar surface area (TPSA) is 44.8 Å². The third-order valence-electron chi connectivity index (χ3n) is 3.91. The Hall–Kier alpha value is -1.50. The zero-order chi connectivity index (χ0) is 16.2. The molecule has 6 heteroatoms. The van der Waals surface area contributed by atoms with Gasteiger partial charge in [0.2, 0.25) is 0 Å². The standard InChI is InChI=1S/C17H19FO4S/c1-20-10-12-15-13(18)6-4-7-14(15)23-16(12)17(19)22-9-11-5-2-3-8-21-11/h4,6-7,11H,2-3,5,8-10H2,1H3. The Bertz CT molecular complexity index is 691. The molecule has 1 atom stereocenters. The molecule has 1 unspecified atom stereocenters. The van der Waals surface area contributed by atoms with Crippen LogP contribution in [0.2, 0.25) is 0 Å². The van der Waals surface area contributed by atoms with Crippen LogP contribution in [0.5, 0.6) is 0 Å². The Labute approximate surface area is 138 Å². The van der Waals surface area contributed by atoms with Crippen molar-refractivity contribution in [1.82, 2.24) is 0 Å². The molecule has 0 saturated carbocycles. The summed E-state index contributed by atoms with van der Waals surface area (Å²) in [5.41, 5.74) is 0.556. The molecular formula is C17H19FO4S. The van der Waals surface area contributed by atoms with Crippen LogP contribution in [0, 0.1) is 5.82 Å². The van der Waals surface area contributed by atoms with Crippen molar-refractivity contribution < 1.29 is 23.4 Å². The van der Waals surface area contributed by atoms with Crippen LogP contribution in [0.1, 0.15) is 34.5 Å². The normalized spacial score (nSPS) is 18.3. The van der Waals surface area contributed by atoms with E-state index in [0.717, 1.165) is 24.0 Å². The summed E-state index contributed by atoms with van der Waals surface area (Å²) in [5, 5.41) is 0.445. The van der Waals surface area contributed by atoms with Crippen molar-refractivity contribution >= 4 is 27.4 Å². The number of fused-ring (bicyclic) bond motifs is 1. The van der Waals surface area contributed by atoms with Crippen molar-refractivity contribution in [2.75, 3.05) is 20.3 Å². The molecule has 124 valence electrons. The predicted octanol–water partition coefficient (Wildman–Crippen LogP) is 3.91. The minimum Gasteiger partial charge on any atom is -0.459 e. The van der Waals surface area contributed by atoms with Gasteiger partial charge in [0.15, 0.2) is 0 Å². The highest BCUT2D eigenvalue weighted by Gasteiger charge is 2.23. The molecule has 1 aromatic heterocycles. The van der Waals surface area contributed by atoms with Gasteiger partial charge in [-0.3, -0.25) is 0 Å². The first-order valence-electron chi connectivity index (χ1n) is 7.68. The summed E-state index contributed by atoms with van der Waals surface area (Å²) in [6.07, 6.45) is 3.01. The van der Waals surface area contributed by atoms with E-state index in [2.05, 4.69) is 0 Å². The average Bonchev–Trinajstić information content (AvgIpc) is 2.94. The molecule has 23 heavy (non-hydrogen) atoms. The Morgan fingerprint density at radius 3 is 3.04 bits per heavy atom. The van der Waals surface area contributed by atoms with Crippen molar-refractivity contribution in [3.8, 4) is 0 Å². The second-order valence-electron chi connectivity index (χ2n) is 5.54. The van der Waals surface area contributed by atoms with Gasteiger partial charge in [0, 0.05) is 29.4 Å². The molecule has 0 N–H and O–H groups in total. The fourth-order valence-electron chi connectivity index (χ4n) is 2.79. The van der Waals surface area contributed by atoms with E-state index >= 15 is 0 Å². The van der Waals surface area contributed by atoms with E-state index in [4.69, 9.17) is 14.2 Å². The molecule has 1 fully saturated rings. The first-order valence-corrected chi connectivity index (χ1v) is 8.50. The first-order chi connectivity index (χ1) is 11.2. The maximum Gasteiger partial charge on any atom is 0.348 e. The van der Waals surface area contributed by atoms with Crippen LogP contribution in [0.4, 0.5) is 4.39 Å². The molecule has 4 nitrogen and oxygen atoms in total. The Morgan fingerprint density at radius 1 is 1.43 bits per heavy atom. The summed E-state index contributed by atoms with van der Waals surface area (Å²) in [6.45, 7) is 1.12. The number of halogens is 1. The predicted molar refractivity (Wildman–Crippen MR) is 86.4 cm³/mol. The van der Waals surface area contributed by atoms with E-state index in [-0.39, 0.29) is 25.1 Å². The number of ether oxygens (including phenoxy) is 3. The molecule has 0 amide bonds. The van der Waals surface area contributed by atoms with Gasteiger partial charge in [0.25, 0.3) is 0 Å². The molecule has 0 radical (unpaired) electrons. The van der Waals surface area contributed by atoms with Crippen LogP contribution >= 0.6 is 11.3 Å². The molecule has 1 aliphatic rings. The van der Waals surface area contributed by atoms with Crippen LogP contribution in [0.15, 0.2) is 18.2 Å².